The largest absolute Gasteiger partial charge is 0.507 e. The number of benzene rings is 2. The van der Waals surface area contributed by atoms with Gasteiger partial charge in [0.05, 0.1) is 6.54 Å². The van der Waals surface area contributed by atoms with Crippen molar-refractivity contribution in [3.63, 3.8) is 0 Å². The molecule has 3 aliphatic heterocycles. The Hall–Kier alpha value is -3.56. The summed E-state index contributed by atoms with van der Waals surface area (Å²) in [7, 11) is 0. The van der Waals surface area contributed by atoms with E-state index in [9.17, 15) is 5.11 Å². The highest BCUT2D eigenvalue weighted by atomic mass is 16.5. The Morgan fingerprint density at radius 2 is 1.60 bits per heavy atom. The van der Waals surface area contributed by atoms with Crippen molar-refractivity contribution in [3.8, 4) is 22.8 Å². The zero-order chi connectivity index (χ0) is 27.3. The number of nitrogens with one attached hydrogen (secondary N) is 1. The first kappa shape index (κ1) is 26.7. The number of aromatic nitrogens is 2. The van der Waals surface area contributed by atoms with Gasteiger partial charge in [-0.1, -0.05) is 12.1 Å². The third kappa shape index (κ3) is 6.26. The maximum absolute atomic E-state index is 10.2. The summed E-state index contributed by atoms with van der Waals surface area (Å²) in [5.41, 5.74) is 9.80. The highest BCUT2D eigenvalue weighted by Gasteiger charge is 2.25. The van der Waals surface area contributed by atoms with E-state index < -0.39 is 0 Å². The number of para-hydroxylation sites is 1. The Bertz CT molecular complexity index is 1260. The topological polar surface area (TPSA) is 103 Å². The van der Waals surface area contributed by atoms with Crippen molar-refractivity contribution in [2.45, 2.75) is 31.8 Å². The second-order valence-electron chi connectivity index (χ2n) is 11.3. The molecule has 9 heteroatoms. The van der Waals surface area contributed by atoms with Crippen molar-refractivity contribution in [1.82, 2.24) is 20.4 Å². The average molecular weight is 544 g/mol. The Morgan fingerprint density at radius 1 is 0.875 bits per heavy atom. The normalized spacial score (nSPS) is 20.9. The first-order valence-corrected chi connectivity index (χ1v) is 14.7. The second-order valence-corrected chi connectivity index (χ2v) is 11.3. The molecule has 3 aromatic rings. The molecule has 9 nitrogen and oxygen atoms in total. The third-order valence-corrected chi connectivity index (χ3v) is 8.56. The van der Waals surface area contributed by atoms with Gasteiger partial charge in [-0.15, -0.1) is 10.2 Å². The zero-order valence-electron chi connectivity index (χ0n) is 23.2. The van der Waals surface area contributed by atoms with Gasteiger partial charge >= 0.3 is 0 Å². The molecule has 40 heavy (non-hydrogen) atoms. The van der Waals surface area contributed by atoms with Gasteiger partial charge in [0.25, 0.3) is 0 Å². The minimum absolute atomic E-state index is 0.00910. The molecular formula is C31H41N7O2. The van der Waals surface area contributed by atoms with Crippen LogP contribution in [0.25, 0.3) is 11.3 Å². The molecule has 0 spiro atoms. The number of piperazine rings is 1. The number of ether oxygens (including phenoxy) is 1. The monoisotopic (exact) mass is 543 g/mol. The molecule has 1 unspecified atom stereocenters. The molecule has 0 radical (unpaired) electrons. The molecule has 3 aliphatic rings. The Labute approximate surface area is 236 Å². The van der Waals surface area contributed by atoms with Gasteiger partial charge in [-0.3, -0.25) is 4.90 Å². The average Bonchev–Trinajstić information content (AvgIpc) is 3.00. The van der Waals surface area contributed by atoms with Crippen LogP contribution in [0.15, 0.2) is 54.6 Å². The molecule has 1 atom stereocenters. The lowest BCUT2D eigenvalue weighted by molar-refractivity contribution is 0.180. The van der Waals surface area contributed by atoms with Gasteiger partial charge in [0.2, 0.25) is 0 Å². The number of phenols is 1. The lowest BCUT2D eigenvalue weighted by Gasteiger charge is -2.38. The van der Waals surface area contributed by atoms with Gasteiger partial charge in [0.15, 0.2) is 11.6 Å². The van der Waals surface area contributed by atoms with E-state index in [1.54, 1.807) is 24.3 Å². The van der Waals surface area contributed by atoms with Gasteiger partial charge in [0, 0.05) is 62.3 Å². The van der Waals surface area contributed by atoms with Crippen LogP contribution in [0.5, 0.6) is 11.5 Å². The minimum atomic E-state index is -0.00910. The van der Waals surface area contributed by atoms with Crippen LogP contribution in [0.4, 0.5) is 17.2 Å². The van der Waals surface area contributed by atoms with Crippen molar-refractivity contribution in [2.24, 2.45) is 5.92 Å². The van der Waals surface area contributed by atoms with Crippen molar-refractivity contribution >= 4 is 17.2 Å². The lowest BCUT2D eigenvalue weighted by atomic mass is 9.97. The zero-order valence-corrected chi connectivity index (χ0v) is 23.2. The fourth-order valence-corrected chi connectivity index (χ4v) is 6.24. The summed E-state index contributed by atoms with van der Waals surface area (Å²) in [6.07, 6.45) is 4.61. The number of hydrogen-bond acceptors (Lipinski definition) is 9. The molecule has 3 fully saturated rings. The van der Waals surface area contributed by atoms with E-state index in [0.717, 1.165) is 58.0 Å². The van der Waals surface area contributed by atoms with E-state index in [0.29, 0.717) is 17.0 Å². The van der Waals surface area contributed by atoms with Crippen LogP contribution in [-0.2, 0) is 0 Å². The van der Waals surface area contributed by atoms with E-state index in [2.05, 4.69) is 54.5 Å². The van der Waals surface area contributed by atoms with Crippen LogP contribution in [-0.4, -0.2) is 85.2 Å². The first-order chi connectivity index (χ1) is 19.6. The third-order valence-electron chi connectivity index (χ3n) is 8.56. The SMILES string of the molecule is Nc1nnc(-c2ccccc2O)cc1OC1CCCN(c2ccc(N3CCN(CC4CCNCC4)CC3)cc2)C1. The quantitative estimate of drug-likeness (QED) is 0.412. The van der Waals surface area contributed by atoms with Crippen LogP contribution < -0.4 is 25.6 Å². The van der Waals surface area contributed by atoms with Crippen LogP contribution in [0.1, 0.15) is 25.7 Å². The summed E-state index contributed by atoms with van der Waals surface area (Å²) < 4.78 is 6.36. The van der Waals surface area contributed by atoms with Gasteiger partial charge in [-0.2, -0.15) is 0 Å². The van der Waals surface area contributed by atoms with E-state index in [1.165, 1.54) is 43.9 Å². The van der Waals surface area contributed by atoms with E-state index >= 15 is 0 Å². The molecule has 1 aromatic heterocycles. The maximum Gasteiger partial charge on any atom is 0.188 e. The highest BCUT2D eigenvalue weighted by Crippen LogP contribution is 2.32. The number of nitrogen functional groups attached to an aromatic ring is 1. The minimum Gasteiger partial charge on any atom is -0.507 e. The van der Waals surface area contributed by atoms with E-state index in [4.69, 9.17) is 10.5 Å². The summed E-state index contributed by atoms with van der Waals surface area (Å²) in [4.78, 5) is 7.57. The number of aromatic hydroxyl groups is 1. The number of rotatable bonds is 7. The number of piperidine rings is 2. The number of hydrogen-bond donors (Lipinski definition) is 3. The maximum atomic E-state index is 10.2. The van der Waals surface area contributed by atoms with Crippen LogP contribution in [0.2, 0.25) is 0 Å². The van der Waals surface area contributed by atoms with E-state index in [1.807, 2.05) is 6.07 Å². The van der Waals surface area contributed by atoms with Gasteiger partial charge in [-0.25, -0.2) is 0 Å². The molecule has 0 aliphatic carbocycles. The van der Waals surface area contributed by atoms with Crippen LogP contribution >= 0.6 is 0 Å². The molecule has 4 N–H and O–H groups in total. The van der Waals surface area contributed by atoms with E-state index in [-0.39, 0.29) is 17.7 Å². The smallest absolute Gasteiger partial charge is 0.188 e. The second kappa shape index (κ2) is 12.3. The molecule has 4 heterocycles. The summed E-state index contributed by atoms with van der Waals surface area (Å²) in [6.45, 7) is 9.87. The summed E-state index contributed by atoms with van der Waals surface area (Å²) in [5.74, 6) is 1.78. The van der Waals surface area contributed by atoms with Crippen molar-refractivity contribution in [3.05, 3.63) is 54.6 Å². The fraction of sp³-hybridized carbons (Fsp3) is 0.484. The molecule has 0 amide bonds. The molecule has 212 valence electrons. The molecule has 2 aromatic carbocycles. The summed E-state index contributed by atoms with van der Waals surface area (Å²) in [5, 5.41) is 22.0. The Balaban J connectivity index is 1.04. The molecule has 0 saturated carbocycles. The molecule has 0 bridgehead atoms. The van der Waals surface area contributed by atoms with Crippen molar-refractivity contribution in [2.75, 3.05) is 74.4 Å². The molecule has 6 rings (SSSR count). The standard InChI is InChI=1S/C31H41N7O2/c32-31-30(20-28(34-35-31)27-5-1-2-6-29(27)39)40-26-4-3-15-38(22-26)25-9-7-24(8-10-25)37-18-16-36(17-19-37)21-23-11-13-33-14-12-23/h1-2,5-10,20,23,26,33,39H,3-4,11-19,21-22H2,(H2,32,35). The molecular weight excluding hydrogens is 502 g/mol. The van der Waals surface area contributed by atoms with Crippen molar-refractivity contribution in [1.29, 1.82) is 0 Å². The summed E-state index contributed by atoms with van der Waals surface area (Å²) >= 11 is 0. The lowest BCUT2D eigenvalue weighted by Crippen LogP contribution is -2.48. The number of nitrogens with two attached hydrogens (primary N) is 1. The number of phenolic OH excluding ortho intramolecular Hbond substituents is 1. The predicted molar refractivity (Wildman–Crippen MR) is 160 cm³/mol. The van der Waals surface area contributed by atoms with Crippen molar-refractivity contribution < 1.29 is 9.84 Å². The Morgan fingerprint density at radius 3 is 2.35 bits per heavy atom. The van der Waals surface area contributed by atoms with Crippen LogP contribution in [0, 0.1) is 5.92 Å². The molecule has 3 saturated heterocycles. The predicted octanol–water partition coefficient (Wildman–Crippen LogP) is 3.60. The van der Waals surface area contributed by atoms with Gasteiger partial charge < -0.3 is 30.7 Å². The van der Waals surface area contributed by atoms with Gasteiger partial charge in [-0.05, 0) is 81.1 Å². The van der Waals surface area contributed by atoms with Crippen LogP contribution in [0.3, 0.4) is 0 Å². The number of nitrogens with zero attached hydrogens (tertiary/aromatic N) is 5. The highest BCUT2D eigenvalue weighted by molar-refractivity contribution is 5.68. The Kier molecular flexibility index (Phi) is 8.20. The fourth-order valence-electron chi connectivity index (χ4n) is 6.24. The number of anilines is 3. The first-order valence-electron chi connectivity index (χ1n) is 14.7. The van der Waals surface area contributed by atoms with Gasteiger partial charge in [0.1, 0.15) is 17.5 Å². The summed E-state index contributed by atoms with van der Waals surface area (Å²) in [6, 6.07) is 17.9.